The summed E-state index contributed by atoms with van der Waals surface area (Å²) in [6, 6.07) is 14.0. The molecule has 32 heavy (non-hydrogen) atoms. The van der Waals surface area contributed by atoms with Crippen molar-refractivity contribution >= 4 is 40.1 Å². The van der Waals surface area contributed by atoms with E-state index in [1.165, 1.54) is 11.3 Å². The van der Waals surface area contributed by atoms with Gasteiger partial charge in [-0.25, -0.2) is 9.97 Å². The minimum absolute atomic E-state index is 0.00776. The number of nitrogens with zero attached hydrogens (tertiary/aromatic N) is 2. The van der Waals surface area contributed by atoms with Crippen molar-refractivity contribution in [1.29, 1.82) is 0 Å². The summed E-state index contributed by atoms with van der Waals surface area (Å²) in [5.74, 6) is -0.714. The van der Waals surface area contributed by atoms with Crippen LogP contribution in [0.2, 0.25) is 0 Å². The Kier molecular flexibility index (Phi) is 8.27. The van der Waals surface area contributed by atoms with Crippen molar-refractivity contribution in [2.45, 2.75) is 19.4 Å². The molecule has 9 nitrogen and oxygen atoms in total. The second-order valence-electron chi connectivity index (χ2n) is 6.60. The van der Waals surface area contributed by atoms with Gasteiger partial charge in [0.1, 0.15) is 11.5 Å². The molecule has 2 heterocycles. The van der Waals surface area contributed by atoms with Gasteiger partial charge < -0.3 is 20.7 Å². The molecular weight excluding hydrogens is 430 g/mol. The Hall–Kier alpha value is -3.79. The molecule has 0 aliphatic rings. The number of benzene rings is 1. The smallest absolute Gasteiger partial charge is 0.308 e. The third-order valence-corrected chi connectivity index (χ3v) is 5.02. The highest BCUT2D eigenvalue weighted by Gasteiger charge is 2.20. The highest BCUT2D eigenvalue weighted by molar-refractivity contribution is 7.14. The fraction of sp³-hybridized carbons (Fsp3) is 0.227. The number of esters is 1. The van der Waals surface area contributed by atoms with E-state index in [-0.39, 0.29) is 25.3 Å². The van der Waals surface area contributed by atoms with Gasteiger partial charge >= 0.3 is 5.97 Å². The molecule has 1 atom stereocenters. The summed E-state index contributed by atoms with van der Waals surface area (Å²) in [5, 5.41) is 10.4. The van der Waals surface area contributed by atoms with Crippen molar-refractivity contribution in [2.24, 2.45) is 0 Å². The van der Waals surface area contributed by atoms with Crippen LogP contribution in [0.4, 0.5) is 10.9 Å². The molecule has 3 rings (SSSR count). The molecule has 0 bridgehead atoms. The fourth-order valence-electron chi connectivity index (χ4n) is 2.80. The molecule has 166 valence electrons. The fourth-order valence-corrected chi connectivity index (χ4v) is 3.50. The summed E-state index contributed by atoms with van der Waals surface area (Å²) in [5.41, 5.74) is 0.956. The predicted molar refractivity (Wildman–Crippen MR) is 121 cm³/mol. The van der Waals surface area contributed by atoms with E-state index in [0.717, 1.165) is 5.56 Å². The van der Waals surface area contributed by atoms with Gasteiger partial charge in [-0.15, -0.1) is 11.3 Å². The van der Waals surface area contributed by atoms with Crippen LogP contribution < -0.4 is 16.0 Å². The number of anilines is 2. The highest BCUT2D eigenvalue weighted by atomic mass is 32.1. The van der Waals surface area contributed by atoms with Gasteiger partial charge in [-0.2, -0.15) is 0 Å². The van der Waals surface area contributed by atoms with Gasteiger partial charge in [-0.3, -0.25) is 14.4 Å². The summed E-state index contributed by atoms with van der Waals surface area (Å²) in [6.07, 6.45) is 1.64. The molecule has 1 aromatic carbocycles. The lowest BCUT2D eigenvalue weighted by Gasteiger charge is -2.18. The van der Waals surface area contributed by atoms with Crippen molar-refractivity contribution in [3.63, 3.8) is 0 Å². The Morgan fingerprint density at radius 2 is 1.88 bits per heavy atom. The number of ether oxygens (including phenoxy) is 1. The molecule has 0 radical (unpaired) electrons. The van der Waals surface area contributed by atoms with Crippen LogP contribution in [-0.4, -0.2) is 40.9 Å². The summed E-state index contributed by atoms with van der Waals surface area (Å²) in [4.78, 5) is 45.1. The number of nitrogens with one attached hydrogen (secondary N) is 3. The first kappa shape index (κ1) is 22.9. The normalized spacial score (nSPS) is 11.3. The highest BCUT2D eigenvalue weighted by Crippen LogP contribution is 2.19. The van der Waals surface area contributed by atoms with Crippen molar-refractivity contribution < 1.29 is 19.1 Å². The SMILES string of the molecule is CCOC(=O)CC(NC(=O)CNC(=O)c1csc(Nc2ccccn2)n1)c1ccccc1. The molecule has 1 unspecified atom stereocenters. The molecule has 3 N–H and O–H groups in total. The van der Waals surface area contributed by atoms with Crippen LogP contribution >= 0.6 is 11.3 Å². The number of rotatable bonds is 10. The van der Waals surface area contributed by atoms with E-state index in [1.54, 1.807) is 30.6 Å². The van der Waals surface area contributed by atoms with Crippen LogP contribution in [0.25, 0.3) is 0 Å². The quantitative estimate of drug-likeness (QED) is 0.404. The van der Waals surface area contributed by atoms with Gasteiger partial charge in [-0.1, -0.05) is 36.4 Å². The summed E-state index contributed by atoms with van der Waals surface area (Å²) in [6.45, 7) is 1.72. The third-order valence-electron chi connectivity index (χ3n) is 4.26. The van der Waals surface area contributed by atoms with E-state index in [4.69, 9.17) is 4.74 Å². The molecular formula is C22H23N5O4S. The number of carbonyl (C=O) groups excluding carboxylic acids is 3. The third kappa shape index (κ3) is 6.88. The summed E-state index contributed by atoms with van der Waals surface area (Å²) < 4.78 is 5.00. The first-order chi connectivity index (χ1) is 15.5. The molecule has 0 aliphatic carbocycles. The maximum atomic E-state index is 12.4. The van der Waals surface area contributed by atoms with E-state index in [9.17, 15) is 14.4 Å². The zero-order chi connectivity index (χ0) is 22.8. The Morgan fingerprint density at radius 1 is 1.09 bits per heavy atom. The molecule has 2 amide bonds. The van der Waals surface area contributed by atoms with E-state index in [2.05, 4.69) is 25.9 Å². The molecule has 0 saturated carbocycles. The van der Waals surface area contributed by atoms with Crippen LogP contribution in [0.1, 0.15) is 35.4 Å². The standard InChI is InChI=1S/C22H23N5O4S/c1-2-31-20(29)12-16(15-8-4-3-5-9-15)25-19(28)13-24-21(30)17-14-32-22(26-17)27-18-10-6-7-11-23-18/h3-11,14,16H,2,12-13H2,1H3,(H,24,30)(H,25,28)(H,23,26,27). The van der Waals surface area contributed by atoms with Gasteiger partial charge in [0.05, 0.1) is 25.6 Å². The molecule has 10 heteroatoms. The Balaban J connectivity index is 1.54. The Morgan fingerprint density at radius 3 is 2.59 bits per heavy atom. The number of hydrogen-bond acceptors (Lipinski definition) is 8. The molecule has 0 saturated heterocycles. The molecule has 0 spiro atoms. The zero-order valence-electron chi connectivity index (χ0n) is 17.4. The van der Waals surface area contributed by atoms with E-state index >= 15 is 0 Å². The molecule has 3 aromatic rings. The first-order valence-corrected chi connectivity index (χ1v) is 10.8. The second-order valence-corrected chi connectivity index (χ2v) is 7.46. The number of aromatic nitrogens is 2. The average Bonchev–Trinajstić information content (AvgIpc) is 3.27. The van der Waals surface area contributed by atoms with Crippen LogP contribution in [-0.2, 0) is 14.3 Å². The lowest BCUT2D eigenvalue weighted by atomic mass is 10.0. The largest absolute Gasteiger partial charge is 0.466 e. The van der Waals surface area contributed by atoms with Crippen LogP contribution in [0.15, 0.2) is 60.1 Å². The van der Waals surface area contributed by atoms with Gasteiger partial charge in [0, 0.05) is 11.6 Å². The van der Waals surface area contributed by atoms with Gasteiger partial charge in [-0.05, 0) is 24.6 Å². The average molecular weight is 454 g/mol. The van der Waals surface area contributed by atoms with Crippen molar-refractivity contribution in [2.75, 3.05) is 18.5 Å². The monoisotopic (exact) mass is 453 g/mol. The number of amides is 2. The first-order valence-electron chi connectivity index (χ1n) is 9.97. The van der Waals surface area contributed by atoms with E-state index in [0.29, 0.717) is 10.9 Å². The number of hydrogen-bond donors (Lipinski definition) is 3. The molecule has 0 aliphatic heterocycles. The lowest BCUT2D eigenvalue weighted by molar-refractivity contribution is -0.143. The molecule has 2 aromatic heterocycles. The van der Waals surface area contributed by atoms with E-state index < -0.39 is 23.8 Å². The second kappa shape index (κ2) is 11.6. The van der Waals surface area contributed by atoms with Crippen molar-refractivity contribution in [3.05, 3.63) is 71.4 Å². The van der Waals surface area contributed by atoms with Gasteiger partial charge in [0.25, 0.3) is 5.91 Å². The maximum absolute atomic E-state index is 12.4. The Bertz CT molecular complexity index is 1040. The summed E-state index contributed by atoms with van der Waals surface area (Å²) in [7, 11) is 0. The number of pyridine rings is 1. The number of carbonyl (C=O) groups is 3. The predicted octanol–water partition coefficient (Wildman–Crippen LogP) is 2.82. The summed E-state index contributed by atoms with van der Waals surface area (Å²) >= 11 is 1.25. The zero-order valence-corrected chi connectivity index (χ0v) is 18.2. The number of thiazole rings is 1. The molecule has 0 fully saturated rings. The topological polar surface area (TPSA) is 122 Å². The van der Waals surface area contributed by atoms with Crippen molar-refractivity contribution in [3.8, 4) is 0 Å². The van der Waals surface area contributed by atoms with Gasteiger partial charge in [0.15, 0.2) is 5.13 Å². The maximum Gasteiger partial charge on any atom is 0.308 e. The van der Waals surface area contributed by atoms with Gasteiger partial charge in [0.2, 0.25) is 5.91 Å². The van der Waals surface area contributed by atoms with Crippen LogP contribution in [0, 0.1) is 0 Å². The van der Waals surface area contributed by atoms with Crippen molar-refractivity contribution in [1.82, 2.24) is 20.6 Å². The van der Waals surface area contributed by atoms with Crippen LogP contribution in [0.3, 0.4) is 0 Å². The lowest BCUT2D eigenvalue weighted by Crippen LogP contribution is -2.39. The minimum atomic E-state index is -0.562. The van der Waals surface area contributed by atoms with E-state index in [1.807, 2.05) is 36.4 Å². The van der Waals surface area contributed by atoms with Crippen LogP contribution in [0.5, 0.6) is 0 Å². The Labute approximate surface area is 189 Å². The minimum Gasteiger partial charge on any atom is -0.466 e.